The average molecular weight is 227 g/mol. The number of hydrogen-bond donors (Lipinski definition) is 0. The van der Waals surface area contributed by atoms with Crippen molar-refractivity contribution in [1.82, 2.24) is 0 Å². The second kappa shape index (κ2) is 6.17. The fraction of sp³-hybridized carbons (Fsp3) is 0.400. The summed E-state index contributed by atoms with van der Waals surface area (Å²) in [5.41, 5.74) is 1.44. The molecule has 0 unspecified atom stereocenters. The zero-order valence-corrected chi connectivity index (χ0v) is 9.93. The van der Waals surface area contributed by atoms with Gasteiger partial charge in [0.1, 0.15) is 5.94 Å². The molecule has 0 radical (unpaired) electrons. The highest BCUT2D eigenvalue weighted by atomic mass is 16.1. The van der Waals surface area contributed by atoms with Crippen molar-refractivity contribution < 1.29 is 4.79 Å². The zero-order chi connectivity index (χ0) is 11.9. The van der Waals surface area contributed by atoms with Crippen LogP contribution in [0.15, 0.2) is 35.3 Å². The van der Waals surface area contributed by atoms with Gasteiger partial charge < -0.3 is 0 Å². The minimum absolute atomic E-state index is 0.399. The smallest absolute Gasteiger partial charge is 0.134 e. The summed E-state index contributed by atoms with van der Waals surface area (Å²) in [4.78, 5) is 15.4. The van der Waals surface area contributed by atoms with Gasteiger partial charge in [-0.05, 0) is 18.4 Å². The molecule has 0 spiro atoms. The molecule has 0 N–H and O–H groups in total. The average Bonchev–Trinajstić information content (AvgIpc) is 2.42. The second-order valence-corrected chi connectivity index (χ2v) is 4.45. The van der Waals surface area contributed by atoms with Crippen molar-refractivity contribution in [3.8, 4) is 0 Å². The molecular weight excluding hydrogens is 210 g/mol. The first-order valence-corrected chi connectivity index (χ1v) is 6.24. The number of aliphatic imine (C=N–C) groups is 1. The lowest BCUT2D eigenvalue weighted by Gasteiger charge is -2.17. The van der Waals surface area contributed by atoms with Crippen molar-refractivity contribution in [2.75, 3.05) is 0 Å². The first-order valence-electron chi connectivity index (χ1n) is 6.24. The predicted molar refractivity (Wildman–Crippen MR) is 70.9 cm³/mol. The Morgan fingerprint density at radius 1 is 1.18 bits per heavy atom. The van der Waals surface area contributed by atoms with E-state index in [0.717, 1.165) is 18.4 Å². The Hall–Kier alpha value is -1.66. The van der Waals surface area contributed by atoms with E-state index in [-0.39, 0.29) is 0 Å². The van der Waals surface area contributed by atoms with Crippen LogP contribution in [0.3, 0.4) is 0 Å². The Morgan fingerprint density at radius 2 is 1.88 bits per heavy atom. The van der Waals surface area contributed by atoms with Gasteiger partial charge in [-0.25, -0.2) is 4.79 Å². The maximum absolute atomic E-state index is 10.9. The van der Waals surface area contributed by atoms with Crippen molar-refractivity contribution in [3.05, 3.63) is 35.9 Å². The van der Waals surface area contributed by atoms with E-state index < -0.39 is 0 Å². The predicted octanol–water partition coefficient (Wildman–Crippen LogP) is 3.31. The minimum Gasteiger partial charge on any atom is -0.288 e. The van der Waals surface area contributed by atoms with Gasteiger partial charge in [0, 0.05) is 12.3 Å². The molecule has 0 bridgehead atoms. The van der Waals surface area contributed by atoms with Gasteiger partial charge in [-0.1, -0.05) is 49.6 Å². The van der Waals surface area contributed by atoms with E-state index in [4.69, 9.17) is 0 Å². The summed E-state index contributed by atoms with van der Waals surface area (Å²) < 4.78 is 0. The molecule has 1 saturated carbocycles. The molecule has 0 saturated heterocycles. The lowest BCUT2D eigenvalue weighted by Crippen LogP contribution is -2.09. The topological polar surface area (TPSA) is 29.4 Å². The molecule has 2 rings (SSSR count). The molecule has 2 heteroatoms. The number of hydrogen-bond acceptors (Lipinski definition) is 2. The summed E-state index contributed by atoms with van der Waals surface area (Å²) in [6, 6.07) is 9.99. The largest absolute Gasteiger partial charge is 0.288 e. The number of benzene rings is 1. The molecule has 0 aromatic heterocycles. The molecule has 1 aliphatic rings. The number of rotatable bonds is 3. The van der Waals surface area contributed by atoms with Crippen LogP contribution in [0.1, 0.15) is 37.7 Å². The van der Waals surface area contributed by atoms with Crippen molar-refractivity contribution in [2.24, 2.45) is 4.99 Å². The Labute approximate surface area is 102 Å². The fourth-order valence-electron chi connectivity index (χ4n) is 2.19. The summed E-state index contributed by atoms with van der Waals surface area (Å²) in [5, 5.41) is 0. The third-order valence-electron chi connectivity index (χ3n) is 3.18. The lowest BCUT2D eigenvalue weighted by atomic mass is 9.96. The van der Waals surface area contributed by atoms with Crippen molar-refractivity contribution >= 4 is 17.7 Å². The summed E-state index contributed by atoms with van der Waals surface area (Å²) in [5.74, 6) is 1.98. The van der Waals surface area contributed by atoms with Crippen LogP contribution in [-0.4, -0.2) is 18.2 Å². The molecule has 88 valence electrons. The fourth-order valence-corrected chi connectivity index (χ4v) is 2.19. The van der Waals surface area contributed by atoms with E-state index >= 15 is 0 Å². The maximum Gasteiger partial charge on any atom is 0.134 e. The highest BCUT2D eigenvalue weighted by Gasteiger charge is 2.11. The van der Waals surface area contributed by atoms with E-state index in [0.29, 0.717) is 11.6 Å². The van der Waals surface area contributed by atoms with E-state index in [1.165, 1.54) is 19.3 Å². The zero-order valence-electron chi connectivity index (χ0n) is 9.93. The molecule has 1 aliphatic carbocycles. The third kappa shape index (κ3) is 3.40. The number of nitrogens with zero attached hydrogens (tertiary/aromatic N) is 1. The highest BCUT2D eigenvalue weighted by molar-refractivity contribution is 6.19. The Bertz CT molecular complexity index is 423. The van der Waals surface area contributed by atoms with Gasteiger partial charge in [0.2, 0.25) is 0 Å². The van der Waals surface area contributed by atoms with Crippen molar-refractivity contribution in [2.45, 2.75) is 38.1 Å². The van der Waals surface area contributed by atoms with Gasteiger partial charge in [-0.3, -0.25) is 4.99 Å². The quantitative estimate of drug-likeness (QED) is 0.575. The van der Waals surface area contributed by atoms with Crippen LogP contribution in [0, 0.1) is 0 Å². The van der Waals surface area contributed by atoms with Crippen LogP contribution in [0.25, 0.3) is 5.57 Å². The molecular formula is C15H17NO. The molecule has 1 aromatic rings. The normalized spacial score (nSPS) is 16.9. The molecule has 0 atom stereocenters. The van der Waals surface area contributed by atoms with Crippen LogP contribution < -0.4 is 0 Å². The molecule has 17 heavy (non-hydrogen) atoms. The molecule has 0 aliphatic heterocycles. The monoisotopic (exact) mass is 227 g/mol. The molecule has 1 fully saturated rings. The number of allylic oxidation sites excluding steroid dienone is 1. The molecule has 0 amide bonds. The van der Waals surface area contributed by atoms with E-state index in [1.54, 1.807) is 6.21 Å². The van der Waals surface area contributed by atoms with Crippen molar-refractivity contribution in [3.63, 3.8) is 0 Å². The SMILES string of the molecule is O=C=C(C=NC1CCCCC1)c1ccccc1. The van der Waals surface area contributed by atoms with Gasteiger partial charge in [-0.15, -0.1) is 0 Å². The summed E-state index contributed by atoms with van der Waals surface area (Å²) in [6.07, 6.45) is 7.83. The van der Waals surface area contributed by atoms with Gasteiger partial charge in [0.15, 0.2) is 0 Å². The van der Waals surface area contributed by atoms with Gasteiger partial charge in [-0.2, -0.15) is 0 Å². The van der Waals surface area contributed by atoms with Crippen LogP contribution in [-0.2, 0) is 4.79 Å². The van der Waals surface area contributed by atoms with Crippen LogP contribution in [0.2, 0.25) is 0 Å². The summed E-state index contributed by atoms with van der Waals surface area (Å²) >= 11 is 0. The molecule has 2 nitrogen and oxygen atoms in total. The molecule has 0 heterocycles. The first-order chi connectivity index (χ1) is 8.40. The Kier molecular flexibility index (Phi) is 4.29. The van der Waals surface area contributed by atoms with E-state index in [1.807, 2.05) is 36.3 Å². The van der Waals surface area contributed by atoms with Gasteiger partial charge >= 0.3 is 0 Å². The van der Waals surface area contributed by atoms with Gasteiger partial charge in [0.25, 0.3) is 0 Å². The Morgan fingerprint density at radius 3 is 2.53 bits per heavy atom. The van der Waals surface area contributed by atoms with Crippen molar-refractivity contribution in [1.29, 1.82) is 0 Å². The highest BCUT2D eigenvalue weighted by Crippen LogP contribution is 2.20. The minimum atomic E-state index is 0.399. The number of carbonyl (C=O) groups excluding carboxylic acids is 1. The summed E-state index contributed by atoms with van der Waals surface area (Å²) in [6.45, 7) is 0. The van der Waals surface area contributed by atoms with Crippen LogP contribution in [0.5, 0.6) is 0 Å². The lowest BCUT2D eigenvalue weighted by molar-refractivity contribution is 0.444. The van der Waals surface area contributed by atoms with Crippen LogP contribution >= 0.6 is 0 Å². The standard InChI is InChI=1S/C15H17NO/c17-12-14(13-7-3-1-4-8-13)11-16-15-9-5-2-6-10-15/h1,3-4,7-8,11,15H,2,5-6,9-10H2. The maximum atomic E-state index is 10.9. The van der Waals surface area contributed by atoms with E-state index in [2.05, 4.69) is 4.99 Å². The second-order valence-electron chi connectivity index (χ2n) is 4.45. The summed E-state index contributed by atoms with van der Waals surface area (Å²) in [7, 11) is 0. The third-order valence-corrected chi connectivity index (χ3v) is 3.18. The van der Waals surface area contributed by atoms with E-state index in [9.17, 15) is 4.79 Å². The van der Waals surface area contributed by atoms with Crippen LogP contribution in [0.4, 0.5) is 0 Å². The first kappa shape index (κ1) is 11.8. The Balaban J connectivity index is 2.05. The van der Waals surface area contributed by atoms with Gasteiger partial charge in [0.05, 0.1) is 5.57 Å². The molecule has 1 aromatic carbocycles.